The van der Waals surface area contributed by atoms with Crippen LogP contribution in [0.5, 0.6) is 0 Å². The molecular weight excluding hydrogens is 300 g/mol. The second kappa shape index (κ2) is 5.74. The Balaban J connectivity index is 1.56. The van der Waals surface area contributed by atoms with Crippen LogP contribution in [-0.2, 0) is 0 Å². The number of aryl methyl sites for hydroxylation is 2. The van der Waals surface area contributed by atoms with Gasteiger partial charge in [0.25, 0.3) is 5.91 Å². The van der Waals surface area contributed by atoms with Gasteiger partial charge in [-0.2, -0.15) is 0 Å². The first kappa shape index (κ1) is 14.9. The third kappa shape index (κ3) is 2.46. The lowest BCUT2D eigenvalue weighted by Gasteiger charge is -2.18. The molecule has 1 aliphatic rings. The number of para-hydroxylation sites is 1. The van der Waals surface area contributed by atoms with Crippen LogP contribution in [0.3, 0.4) is 0 Å². The van der Waals surface area contributed by atoms with E-state index in [1.165, 1.54) is 0 Å². The van der Waals surface area contributed by atoms with Crippen molar-refractivity contribution >= 4 is 16.8 Å². The number of carbonyl (C=O) groups excluding carboxylic acids is 1. The number of pyridine rings is 1. The van der Waals surface area contributed by atoms with Crippen molar-refractivity contribution in [2.24, 2.45) is 0 Å². The molecule has 122 valence electrons. The summed E-state index contributed by atoms with van der Waals surface area (Å²) in [5.41, 5.74) is 2.53. The van der Waals surface area contributed by atoms with Crippen molar-refractivity contribution in [3.63, 3.8) is 0 Å². The summed E-state index contributed by atoms with van der Waals surface area (Å²) in [6.45, 7) is 5.55. The van der Waals surface area contributed by atoms with Crippen LogP contribution in [0.15, 0.2) is 42.6 Å². The van der Waals surface area contributed by atoms with Crippen molar-refractivity contribution in [2.45, 2.75) is 26.3 Å². The summed E-state index contributed by atoms with van der Waals surface area (Å²) in [7, 11) is 0. The van der Waals surface area contributed by atoms with E-state index in [4.69, 9.17) is 0 Å². The van der Waals surface area contributed by atoms with Crippen molar-refractivity contribution in [1.82, 2.24) is 19.4 Å². The fourth-order valence-electron chi connectivity index (χ4n) is 3.60. The van der Waals surface area contributed by atoms with Crippen molar-refractivity contribution in [3.05, 3.63) is 59.8 Å². The van der Waals surface area contributed by atoms with Crippen LogP contribution >= 0.6 is 0 Å². The average molecular weight is 320 g/mol. The number of benzene rings is 1. The number of amides is 1. The number of nitrogens with zero attached hydrogens (tertiary/aromatic N) is 4. The van der Waals surface area contributed by atoms with E-state index in [9.17, 15) is 4.79 Å². The molecule has 1 atom stereocenters. The van der Waals surface area contributed by atoms with Gasteiger partial charge in [-0.15, -0.1) is 0 Å². The first-order valence-electron chi connectivity index (χ1n) is 8.29. The van der Waals surface area contributed by atoms with E-state index in [1.807, 2.05) is 54.4 Å². The van der Waals surface area contributed by atoms with E-state index in [1.54, 1.807) is 0 Å². The van der Waals surface area contributed by atoms with Crippen LogP contribution in [0.1, 0.15) is 34.5 Å². The minimum absolute atomic E-state index is 0.0127. The predicted octanol–water partition coefficient (Wildman–Crippen LogP) is 3.14. The van der Waals surface area contributed by atoms with Crippen LogP contribution < -0.4 is 0 Å². The summed E-state index contributed by atoms with van der Waals surface area (Å²) in [6, 6.07) is 12.0. The molecule has 0 spiro atoms. The fourth-order valence-corrected chi connectivity index (χ4v) is 3.60. The highest BCUT2D eigenvalue weighted by Gasteiger charge is 2.30. The lowest BCUT2D eigenvalue weighted by atomic mass is 10.2. The second-order valence-electron chi connectivity index (χ2n) is 6.40. The number of aromatic nitrogens is 3. The molecule has 2 aromatic heterocycles. The lowest BCUT2D eigenvalue weighted by Crippen LogP contribution is -2.30. The Morgan fingerprint density at radius 3 is 2.79 bits per heavy atom. The van der Waals surface area contributed by atoms with Crippen LogP contribution in [0.4, 0.5) is 0 Å². The van der Waals surface area contributed by atoms with Crippen LogP contribution in [0.25, 0.3) is 10.9 Å². The summed E-state index contributed by atoms with van der Waals surface area (Å²) < 4.78 is 2.24. The zero-order valence-electron chi connectivity index (χ0n) is 13.9. The highest BCUT2D eigenvalue weighted by Crippen LogP contribution is 2.26. The smallest absolute Gasteiger partial charge is 0.272 e. The van der Waals surface area contributed by atoms with Gasteiger partial charge in [-0.3, -0.25) is 4.79 Å². The number of fused-ring (bicyclic) bond motifs is 1. The normalized spacial score (nSPS) is 17.6. The van der Waals surface area contributed by atoms with Crippen molar-refractivity contribution in [1.29, 1.82) is 0 Å². The van der Waals surface area contributed by atoms with Gasteiger partial charge >= 0.3 is 0 Å². The molecule has 3 heterocycles. The summed E-state index contributed by atoms with van der Waals surface area (Å²) in [5.74, 6) is 1.02. The minimum Gasteiger partial charge on any atom is -0.335 e. The predicted molar refractivity (Wildman–Crippen MR) is 93.0 cm³/mol. The molecule has 4 rings (SSSR count). The Morgan fingerprint density at radius 1 is 1.17 bits per heavy atom. The van der Waals surface area contributed by atoms with E-state index < -0.39 is 0 Å². The zero-order valence-corrected chi connectivity index (χ0v) is 13.9. The Hall–Kier alpha value is -2.69. The van der Waals surface area contributed by atoms with E-state index in [-0.39, 0.29) is 5.91 Å². The summed E-state index contributed by atoms with van der Waals surface area (Å²) in [5, 5.41) is 1.05. The Morgan fingerprint density at radius 2 is 2.00 bits per heavy atom. The maximum Gasteiger partial charge on any atom is 0.272 e. The number of carbonyl (C=O) groups is 1. The fraction of sp³-hybridized carbons (Fsp3) is 0.316. The maximum atomic E-state index is 12.8. The second-order valence-corrected chi connectivity index (χ2v) is 6.40. The first-order chi connectivity index (χ1) is 11.6. The van der Waals surface area contributed by atoms with Gasteiger partial charge in [0.05, 0.1) is 11.6 Å². The maximum absolute atomic E-state index is 12.8. The van der Waals surface area contributed by atoms with Crippen molar-refractivity contribution in [2.75, 3.05) is 13.1 Å². The molecule has 0 radical (unpaired) electrons. The quantitative estimate of drug-likeness (QED) is 0.729. The molecule has 5 heteroatoms. The monoisotopic (exact) mass is 320 g/mol. The molecule has 1 saturated heterocycles. The van der Waals surface area contributed by atoms with Gasteiger partial charge in [0, 0.05) is 30.4 Å². The molecule has 3 aromatic rings. The van der Waals surface area contributed by atoms with Gasteiger partial charge in [-0.05, 0) is 32.4 Å². The molecule has 0 aliphatic carbocycles. The Kier molecular flexibility index (Phi) is 3.56. The molecule has 1 fully saturated rings. The van der Waals surface area contributed by atoms with Crippen molar-refractivity contribution < 1.29 is 4.79 Å². The molecule has 0 bridgehead atoms. The van der Waals surface area contributed by atoms with E-state index >= 15 is 0 Å². The molecule has 5 nitrogen and oxygen atoms in total. The van der Waals surface area contributed by atoms with Gasteiger partial charge in [-0.25, -0.2) is 9.97 Å². The molecule has 1 unspecified atom stereocenters. The third-order valence-electron chi connectivity index (χ3n) is 4.80. The standard InChI is InChI=1S/C19H20N4O/c1-13-11-20-14(2)23(13)16-9-10-22(12-16)19(24)18-8-7-15-5-3-4-6-17(15)21-18/h3-8,11,16H,9-10,12H2,1-2H3. The SMILES string of the molecule is Cc1cnc(C)n1C1CCN(C(=O)c2ccc3ccccc3n2)C1. The molecule has 1 amide bonds. The van der Waals surface area contributed by atoms with E-state index in [2.05, 4.69) is 21.5 Å². The Bertz CT molecular complexity index is 895. The summed E-state index contributed by atoms with van der Waals surface area (Å²) in [4.78, 5) is 23.6. The molecular formula is C19H20N4O. The van der Waals surface area contributed by atoms with Crippen LogP contribution in [-0.4, -0.2) is 38.4 Å². The van der Waals surface area contributed by atoms with E-state index in [0.717, 1.165) is 35.4 Å². The zero-order chi connectivity index (χ0) is 16.7. The first-order valence-corrected chi connectivity index (χ1v) is 8.29. The highest BCUT2D eigenvalue weighted by molar-refractivity contribution is 5.95. The van der Waals surface area contributed by atoms with Gasteiger partial charge < -0.3 is 9.47 Å². The number of hydrogen-bond donors (Lipinski definition) is 0. The van der Waals surface area contributed by atoms with E-state index in [0.29, 0.717) is 18.3 Å². The third-order valence-corrected chi connectivity index (χ3v) is 4.80. The van der Waals surface area contributed by atoms with Gasteiger partial charge in [0.2, 0.25) is 0 Å². The molecule has 24 heavy (non-hydrogen) atoms. The average Bonchev–Trinajstić information content (AvgIpc) is 3.20. The highest BCUT2D eigenvalue weighted by atomic mass is 16.2. The topological polar surface area (TPSA) is 51.0 Å². The number of hydrogen-bond acceptors (Lipinski definition) is 3. The van der Waals surface area contributed by atoms with Crippen LogP contribution in [0, 0.1) is 13.8 Å². The number of likely N-dealkylation sites (tertiary alicyclic amines) is 1. The Labute approximate surface area is 140 Å². The van der Waals surface area contributed by atoms with Gasteiger partial charge in [0.15, 0.2) is 0 Å². The largest absolute Gasteiger partial charge is 0.335 e. The summed E-state index contributed by atoms with van der Waals surface area (Å²) >= 11 is 0. The molecule has 0 saturated carbocycles. The van der Waals surface area contributed by atoms with Gasteiger partial charge in [0.1, 0.15) is 11.5 Å². The van der Waals surface area contributed by atoms with Crippen molar-refractivity contribution in [3.8, 4) is 0 Å². The lowest BCUT2D eigenvalue weighted by molar-refractivity contribution is 0.0782. The molecule has 1 aromatic carbocycles. The molecule has 1 aliphatic heterocycles. The number of imidazole rings is 1. The van der Waals surface area contributed by atoms with Crippen LogP contribution in [0.2, 0.25) is 0 Å². The minimum atomic E-state index is 0.0127. The van der Waals surface area contributed by atoms with Gasteiger partial charge in [-0.1, -0.05) is 24.3 Å². The molecule has 0 N–H and O–H groups in total. The number of rotatable bonds is 2. The summed E-state index contributed by atoms with van der Waals surface area (Å²) in [6.07, 6.45) is 2.85.